The van der Waals surface area contributed by atoms with Crippen LogP contribution in [0.15, 0.2) is 0 Å². The molecule has 0 spiro atoms. The summed E-state index contributed by atoms with van der Waals surface area (Å²) in [6.45, 7) is 13.5. The second-order valence-corrected chi connectivity index (χ2v) is 14.9. The van der Waals surface area contributed by atoms with Gasteiger partial charge >= 0.3 is 6.18 Å². The highest BCUT2D eigenvalue weighted by molar-refractivity contribution is 5.11. The Balaban J connectivity index is 1.42. The summed E-state index contributed by atoms with van der Waals surface area (Å²) in [7, 11) is 0. The number of aliphatic hydroxyl groups is 2. The predicted octanol–water partition coefficient (Wildman–Crippen LogP) is 8.15. The topological polar surface area (TPSA) is 40.5 Å². The third kappa shape index (κ3) is 4.72. The fourth-order valence-electron chi connectivity index (χ4n) is 9.75. The zero-order chi connectivity index (χ0) is 26.0. The predicted molar refractivity (Wildman–Crippen MR) is 135 cm³/mol. The Morgan fingerprint density at radius 3 is 2.14 bits per heavy atom. The second kappa shape index (κ2) is 9.17. The first-order valence-electron chi connectivity index (χ1n) is 14.5. The van der Waals surface area contributed by atoms with Gasteiger partial charge in [0.2, 0.25) is 0 Å². The molecule has 0 amide bonds. The molecule has 0 radical (unpaired) electrons. The van der Waals surface area contributed by atoms with E-state index in [0.717, 1.165) is 32.1 Å². The largest absolute Gasteiger partial charge is 0.417 e. The number of halogens is 3. The molecular formula is C30H51F3O2. The first-order chi connectivity index (χ1) is 16.0. The molecule has 204 valence electrons. The Bertz CT molecular complexity index is 760. The van der Waals surface area contributed by atoms with Crippen LogP contribution >= 0.6 is 0 Å². The molecular weight excluding hydrogens is 449 g/mol. The van der Waals surface area contributed by atoms with Crippen molar-refractivity contribution in [1.29, 1.82) is 0 Å². The lowest BCUT2D eigenvalue weighted by Gasteiger charge is -2.62. The highest BCUT2D eigenvalue weighted by Crippen LogP contribution is 2.69. The molecule has 5 heteroatoms. The molecule has 0 aliphatic heterocycles. The molecule has 0 heterocycles. The minimum Gasteiger partial charge on any atom is -0.393 e. The van der Waals surface area contributed by atoms with E-state index in [4.69, 9.17) is 0 Å². The standard InChI is InChI=1S/C30H51F3O2/c1-19(8-7-9-25(34)26(2,3)4)22-12-13-23-21-11-10-20-18-29(35,30(31,32)33)17-16-27(20,5)24(21)14-15-28(22,23)6/h19-25,34-35H,7-18H2,1-6H3/t19-,20+,21+,22-,23+,24+,25-,27+,28-,29+/m1/s1. The van der Waals surface area contributed by atoms with Gasteiger partial charge in [-0.05, 0) is 116 Å². The van der Waals surface area contributed by atoms with E-state index >= 15 is 0 Å². The molecule has 4 saturated carbocycles. The molecule has 2 nitrogen and oxygen atoms in total. The average molecular weight is 501 g/mol. The van der Waals surface area contributed by atoms with Crippen molar-refractivity contribution in [3.8, 4) is 0 Å². The van der Waals surface area contributed by atoms with Gasteiger partial charge in [-0.2, -0.15) is 13.2 Å². The summed E-state index contributed by atoms with van der Waals surface area (Å²) in [4.78, 5) is 0. The summed E-state index contributed by atoms with van der Waals surface area (Å²) in [5.74, 6) is 3.18. The second-order valence-electron chi connectivity index (χ2n) is 14.9. The summed E-state index contributed by atoms with van der Waals surface area (Å²) in [5.41, 5.74) is -2.26. The van der Waals surface area contributed by atoms with Crippen LogP contribution in [0.4, 0.5) is 13.2 Å². The van der Waals surface area contributed by atoms with Crippen LogP contribution in [-0.2, 0) is 0 Å². The molecule has 2 N–H and O–H groups in total. The van der Waals surface area contributed by atoms with Crippen molar-refractivity contribution in [3.05, 3.63) is 0 Å². The van der Waals surface area contributed by atoms with Crippen LogP contribution in [0.25, 0.3) is 0 Å². The lowest BCUT2D eigenvalue weighted by atomic mass is 9.43. The van der Waals surface area contributed by atoms with Crippen molar-refractivity contribution < 1.29 is 23.4 Å². The SMILES string of the molecule is C[C@H](CCC[C@@H](O)C(C)(C)C)[C@H]1CC[C@H]2[C@@H]3CC[C@H]4C[C@](O)(C(F)(F)F)CC[C@]4(C)[C@H]3CC[C@]12C. The van der Waals surface area contributed by atoms with E-state index in [1.165, 1.54) is 25.7 Å². The highest BCUT2D eigenvalue weighted by atomic mass is 19.4. The Morgan fingerprint density at radius 1 is 0.857 bits per heavy atom. The van der Waals surface area contributed by atoms with Crippen molar-refractivity contribution in [2.24, 2.45) is 51.8 Å². The van der Waals surface area contributed by atoms with E-state index < -0.39 is 11.8 Å². The number of hydrogen-bond acceptors (Lipinski definition) is 2. The van der Waals surface area contributed by atoms with Gasteiger partial charge in [-0.15, -0.1) is 0 Å². The summed E-state index contributed by atoms with van der Waals surface area (Å²) in [6, 6.07) is 0. The average Bonchev–Trinajstić information content (AvgIpc) is 3.10. The first kappa shape index (κ1) is 27.7. The van der Waals surface area contributed by atoms with Gasteiger partial charge in [-0.1, -0.05) is 54.4 Å². The maximum atomic E-state index is 13.6. The maximum absolute atomic E-state index is 13.6. The van der Waals surface area contributed by atoms with E-state index in [1.54, 1.807) is 0 Å². The van der Waals surface area contributed by atoms with Crippen molar-refractivity contribution in [3.63, 3.8) is 0 Å². The minimum absolute atomic E-state index is 0.0150. The number of alkyl halides is 3. The number of aliphatic hydroxyl groups excluding tert-OH is 1. The van der Waals surface area contributed by atoms with Gasteiger partial charge in [-0.3, -0.25) is 0 Å². The minimum atomic E-state index is -4.52. The third-order valence-corrected chi connectivity index (χ3v) is 12.2. The first-order valence-corrected chi connectivity index (χ1v) is 14.5. The van der Waals surface area contributed by atoms with E-state index in [1.807, 2.05) is 0 Å². The number of hydrogen-bond donors (Lipinski definition) is 2. The van der Waals surface area contributed by atoms with Crippen LogP contribution in [0.2, 0.25) is 0 Å². The summed E-state index contributed by atoms with van der Waals surface area (Å²) in [6.07, 6.45) is 5.39. The zero-order valence-electron chi connectivity index (χ0n) is 23.1. The number of rotatable bonds is 5. The van der Waals surface area contributed by atoms with Crippen molar-refractivity contribution in [1.82, 2.24) is 0 Å². The Hall–Kier alpha value is -0.290. The van der Waals surface area contributed by atoms with Crippen LogP contribution in [-0.4, -0.2) is 28.1 Å². The monoisotopic (exact) mass is 500 g/mol. The molecule has 35 heavy (non-hydrogen) atoms. The fraction of sp³-hybridized carbons (Fsp3) is 1.00. The summed E-state index contributed by atoms with van der Waals surface area (Å²) in [5, 5.41) is 20.9. The normalized spacial score (nSPS) is 45.9. The molecule has 4 aliphatic carbocycles. The molecule has 4 rings (SSSR count). The molecule has 10 atom stereocenters. The van der Waals surface area contributed by atoms with Gasteiger partial charge in [0.1, 0.15) is 0 Å². The summed E-state index contributed by atoms with van der Waals surface area (Å²) < 4.78 is 40.8. The third-order valence-electron chi connectivity index (χ3n) is 12.2. The van der Waals surface area contributed by atoms with Crippen LogP contribution in [0.1, 0.15) is 119 Å². The molecule has 0 unspecified atom stereocenters. The molecule has 4 aliphatic rings. The van der Waals surface area contributed by atoms with Gasteiger partial charge in [0.05, 0.1) is 6.10 Å². The van der Waals surface area contributed by atoms with Crippen LogP contribution in [0.5, 0.6) is 0 Å². The smallest absolute Gasteiger partial charge is 0.393 e. The van der Waals surface area contributed by atoms with E-state index in [2.05, 4.69) is 41.5 Å². The van der Waals surface area contributed by atoms with Crippen molar-refractivity contribution >= 4 is 0 Å². The summed E-state index contributed by atoms with van der Waals surface area (Å²) >= 11 is 0. The van der Waals surface area contributed by atoms with Gasteiger partial charge < -0.3 is 10.2 Å². The molecule has 0 aromatic rings. The maximum Gasteiger partial charge on any atom is 0.417 e. The van der Waals surface area contributed by atoms with E-state index in [9.17, 15) is 23.4 Å². The number of fused-ring (bicyclic) bond motifs is 5. The quantitative estimate of drug-likeness (QED) is 0.400. The Labute approximate surface area is 211 Å². The molecule has 0 aromatic carbocycles. The lowest BCUT2D eigenvalue weighted by molar-refractivity contribution is -0.290. The fourth-order valence-corrected chi connectivity index (χ4v) is 9.75. The van der Waals surface area contributed by atoms with Crippen LogP contribution in [0.3, 0.4) is 0 Å². The van der Waals surface area contributed by atoms with Crippen molar-refractivity contribution in [2.75, 3.05) is 0 Å². The highest BCUT2D eigenvalue weighted by Gasteiger charge is 2.65. The zero-order valence-corrected chi connectivity index (χ0v) is 23.1. The molecule has 0 bridgehead atoms. The Kier molecular flexibility index (Phi) is 7.27. The van der Waals surface area contributed by atoms with Crippen LogP contribution < -0.4 is 0 Å². The Morgan fingerprint density at radius 2 is 1.51 bits per heavy atom. The van der Waals surface area contributed by atoms with Crippen molar-refractivity contribution in [2.45, 2.75) is 136 Å². The van der Waals surface area contributed by atoms with Gasteiger partial charge in [0.15, 0.2) is 5.60 Å². The molecule has 0 aromatic heterocycles. The van der Waals surface area contributed by atoms with Crippen LogP contribution in [0, 0.1) is 51.8 Å². The van der Waals surface area contributed by atoms with Gasteiger partial charge in [-0.25, -0.2) is 0 Å². The molecule has 4 fully saturated rings. The molecule has 0 saturated heterocycles. The lowest BCUT2D eigenvalue weighted by Crippen LogP contribution is -2.59. The van der Waals surface area contributed by atoms with Gasteiger partial charge in [0.25, 0.3) is 0 Å². The van der Waals surface area contributed by atoms with E-state index in [-0.39, 0.29) is 35.7 Å². The van der Waals surface area contributed by atoms with Gasteiger partial charge in [0, 0.05) is 0 Å². The van der Waals surface area contributed by atoms with E-state index in [0.29, 0.717) is 41.4 Å².